The van der Waals surface area contributed by atoms with Crippen LogP contribution in [0.2, 0.25) is 0 Å². The first-order chi connectivity index (χ1) is 15.0. The molecule has 0 atom stereocenters. The van der Waals surface area contributed by atoms with Crippen molar-refractivity contribution < 1.29 is 19.1 Å². The number of rotatable bonds is 6. The standard InChI is InChI=1S/C21H21FN6O3/c22-17-5-15(8-23-10-17)20(29)25-7-13-1-3-14(4-2-13)19-12-28(27-26-19)18-6-16(21(30)31)9-24-11-18/h5-6,8-14H,1-4,7H2,(H,25,29)(H,30,31). The molecule has 1 aliphatic rings. The molecule has 1 aliphatic carbocycles. The number of aromatic carboxylic acids is 1. The van der Waals surface area contributed by atoms with E-state index in [1.165, 1.54) is 29.2 Å². The highest BCUT2D eigenvalue weighted by Gasteiger charge is 2.25. The van der Waals surface area contributed by atoms with Crippen LogP contribution in [0, 0.1) is 11.7 Å². The second-order valence-corrected chi connectivity index (χ2v) is 7.64. The van der Waals surface area contributed by atoms with Crippen molar-refractivity contribution in [3.63, 3.8) is 0 Å². The Morgan fingerprint density at radius 3 is 2.55 bits per heavy atom. The third-order valence-corrected chi connectivity index (χ3v) is 5.53. The zero-order valence-electron chi connectivity index (χ0n) is 16.6. The van der Waals surface area contributed by atoms with Crippen LogP contribution in [-0.4, -0.2) is 48.5 Å². The third-order valence-electron chi connectivity index (χ3n) is 5.53. The summed E-state index contributed by atoms with van der Waals surface area (Å²) in [6.45, 7) is 0.530. The fraction of sp³-hybridized carbons (Fsp3) is 0.333. The number of halogens is 1. The van der Waals surface area contributed by atoms with Crippen molar-refractivity contribution >= 4 is 11.9 Å². The van der Waals surface area contributed by atoms with Crippen LogP contribution >= 0.6 is 0 Å². The van der Waals surface area contributed by atoms with Crippen LogP contribution in [0.5, 0.6) is 0 Å². The number of pyridine rings is 2. The number of nitrogens with zero attached hydrogens (tertiary/aromatic N) is 5. The van der Waals surface area contributed by atoms with Gasteiger partial charge in [-0.1, -0.05) is 5.21 Å². The molecule has 31 heavy (non-hydrogen) atoms. The highest BCUT2D eigenvalue weighted by molar-refractivity contribution is 5.93. The molecule has 0 saturated heterocycles. The zero-order valence-corrected chi connectivity index (χ0v) is 16.6. The predicted molar refractivity (Wildman–Crippen MR) is 107 cm³/mol. The lowest BCUT2D eigenvalue weighted by molar-refractivity contribution is 0.0696. The van der Waals surface area contributed by atoms with Crippen LogP contribution in [0.3, 0.4) is 0 Å². The molecule has 1 saturated carbocycles. The molecular weight excluding hydrogens is 403 g/mol. The van der Waals surface area contributed by atoms with Crippen molar-refractivity contribution in [2.24, 2.45) is 5.92 Å². The highest BCUT2D eigenvalue weighted by Crippen LogP contribution is 2.34. The summed E-state index contributed by atoms with van der Waals surface area (Å²) in [5.74, 6) is -1.31. The Labute approximate surface area is 177 Å². The number of aromatic nitrogens is 5. The number of carboxylic acids is 1. The molecule has 0 radical (unpaired) electrons. The van der Waals surface area contributed by atoms with Crippen LogP contribution in [-0.2, 0) is 0 Å². The molecule has 3 heterocycles. The van der Waals surface area contributed by atoms with Crippen LogP contribution in [0.4, 0.5) is 4.39 Å². The largest absolute Gasteiger partial charge is 0.478 e. The Bertz CT molecular complexity index is 1090. The van der Waals surface area contributed by atoms with Gasteiger partial charge < -0.3 is 10.4 Å². The van der Waals surface area contributed by atoms with E-state index in [0.29, 0.717) is 18.2 Å². The van der Waals surface area contributed by atoms with Gasteiger partial charge in [0.25, 0.3) is 5.91 Å². The van der Waals surface area contributed by atoms with E-state index >= 15 is 0 Å². The van der Waals surface area contributed by atoms with Crippen molar-refractivity contribution in [2.75, 3.05) is 6.54 Å². The molecule has 0 spiro atoms. The summed E-state index contributed by atoms with van der Waals surface area (Å²) in [4.78, 5) is 30.9. The van der Waals surface area contributed by atoms with E-state index in [4.69, 9.17) is 5.11 Å². The monoisotopic (exact) mass is 424 g/mol. The summed E-state index contributed by atoms with van der Waals surface area (Å²) in [6, 6.07) is 2.67. The first-order valence-corrected chi connectivity index (χ1v) is 9.99. The van der Waals surface area contributed by atoms with Crippen molar-refractivity contribution in [3.8, 4) is 5.69 Å². The maximum atomic E-state index is 13.2. The van der Waals surface area contributed by atoms with E-state index in [1.807, 2.05) is 6.20 Å². The van der Waals surface area contributed by atoms with Crippen LogP contribution < -0.4 is 5.32 Å². The number of carbonyl (C=O) groups excluding carboxylic acids is 1. The van der Waals surface area contributed by atoms with E-state index in [9.17, 15) is 14.0 Å². The predicted octanol–water partition coefficient (Wildman–Crippen LogP) is 2.60. The van der Waals surface area contributed by atoms with Gasteiger partial charge in [0.15, 0.2) is 0 Å². The lowest BCUT2D eigenvalue weighted by Crippen LogP contribution is -2.31. The lowest BCUT2D eigenvalue weighted by atomic mass is 9.80. The van der Waals surface area contributed by atoms with E-state index in [2.05, 4.69) is 25.6 Å². The van der Waals surface area contributed by atoms with Gasteiger partial charge in [0.05, 0.1) is 41.1 Å². The van der Waals surface area contributed by atoms with E-state index in [1.54, 1.807) is 6.20 Å². The van der Waals surface area contributed by atoms with Crippen LogP contribution in [0.25, 0.3) is 5.69 Å². The second-order valence-electron chi connectivity index (χ2n) is 7.64. The molecule has 3 aromatic heterocycles. The maximum absolute atomic E-state index is 13.2. The topological polar surface area (TPSA) is 123 Å². The van der Waals surface area contributed by atoms with Crippen LogP contribution in [0.1, 0.15) is 58.0 Å². The average Bonchev–Trinajstić information content (AvgIpc) is 3.28. The first-order valence-electron chi connectivity index (χ1n) is 9.99. The summed E-state index contributed by atoms with van der Waals surface area (Å²) in [7, 11) is 0. The van der Waals surface area contributed by atoms with Gasteiger partial charge in [0, 0.05) is 24.9 Å². The molecule has 2 N–H and O–H groups in total. The number of carbonyl (C=O) groups is 2. The SMILES string of the molecule is O=C(O)c1cncc(-n2cc(C3CCC(CNC(=O)c4cncc(F)c4)CC3)nn2)c1. The number of carboxylic acid groups (broad SMARTS) is 1. The molecule has 1 fully saturated rings. The summed E-state index contributed by atoms with van der Waals surface area (Å²) in [6.07, 6.45) is 10.7. The summed E-state index contributed by atoms with van der Waals surface area (Å²) in [5.41, 5.74) is 1.70. The van der Waals surface area contributed by atoms with Gasteiger partial charge in [-0.05, 0) is 43.7 Å². The van der Waals surface area contributed by atoms with E-state index in [-0.39, 0.29) is 23.0 Å². The molecule has 160 valence electrons. The zero-order chi connectivity index (χ0) is 21.8. The lowest BCUT2D eigenvalue weighted by Gasteiger charge is -2.27. The van der Waals surface area contributed by atoms with Gasteiger partial charge in [0.1, 0.15) is 5.82 Å². The smallest absolute Gasteiger partial charge is 0.337 e. The number of hydrogen-bond donors (Lipinski definition) is 2. The highest BCUT2D eigenvalue weighted by atomic mass is 19.1. The van der Waals surface area contributed by atoms with Crippen molar-refractivity contribution in [2.45, 2.75) is 31.6 Å². The Morgan fingerprint density at radius 1 is 1.06 bits per heavy atom. The molecule has 0 unspecified atom stereocenters. The van der Waals surface area contributed by atoms with Gasteiger partial charge >= 0.3 is 5.97 Å². The van der Waals surface area contributed by atoms with Gasteiger partial charge in [-0.3, -0.25) is 14.8 Å². The van der Waals surface area contributed by atoms with Gasteiger partial charge in [-0.15, -0.1) is 5.10 Å². The Balaban J connectivity index is 1.31. The van der Waals surface area contributed by atoms with E-state index < -0.39 is 11.8 Å². The summed E-state index contributed by atoms with van der Waals surface area (Å²) < 4.78 is 14.7. The van der Waals surface area contributed by atoms with Gasteiger partial charge in [0.2, 0.25) is 0 Å². The van der Waals surface area contributed by atoms with E-state index in [0.717, 1.165) is 37.6 Å². The minimum absolute atomic E-state index is 0.0890. The molecule has 0 bridgehead atoms. The Hall–Kier alpha value is -3.69. The normalized spacial score (nSPS) is 18.5. The maximum Gasteiger partial charge on any atom is 0.337 e. The fourth-order valence-electron chi connectivity index (χ4n) is 3.80. The van der Waals surface area contributed by atoms with Crippen molar-refractivity contribution in [3.05, 3.63) is 65.8 Å². The minimum Gasteiger partial charge on any atom is -0.478 e. The van der Waals surface area contributed by atoms with Crippen molar-refractivity contribution in [1.82, 2.24) is 30.3 Å². The second kappa shape index (κ2) is 8.99. The van der Waals surface area contributed by atoms with Gasteiger partial charge in [-0.2, -0.15) is 0 Å². The molecule has 0 aromatic carbocycles. The summed E-state index contributed by atoms with van der Waals surface area (Å²) in [5, 5.41) is 20.4. The molecule has 4 rings (SSSR count). The van der Waals surface area contributed by atoms with Gasteiger partial charge in [-0.25, -0.2) is 13.9 Å². The fourth-order valence-corrected chi connectivity index (χ4v) is 3.80. The molecule has 0 aliphatic heterocycles. The first kappa shape index (κ1) is 20.6. The molecule has 3 aromatic rings. The van der Waals surface area contributed by atoms with Crippen LogP contribution in [0.15, 0.2) is 43.1 Å². The van der Waals surface area contributed by atoms with Crippen molar-refractivity contribution in [1.29, 1.82) is 0 Å². The molecule has 1 amide bonds. The molecular formula is C21H21FN6O3. The molecule has 9 nitrogen and oxygen atoms in total. The summed E-state index contributed by atoms with van der Waals surface area (Å²) >= 11 is 0. The Morgan fingerprint density at radius 2 is 1.81 bits per heavy atom. The Kier molecular flexibility index (Phi) is 5.96. The third kappa shape index (κ3) is 4.90. The average molecular weight is 424 g/mol. The number of amides is 1. The number of nitrogens with one attached hydrogen (secondary N) is 1. The quantitative estimate of drug-likeness (QED) is 0.623. The minimum atomic E-state index is -1.05. The number of hydrogen-bond acceptors (Lipinski definition) is 6. The molecule has 10 heteroatoms.